The molecule has 5 nitrogen and oxygen atoms in total. The summed E-state index contributed by atoms with van der Waals surface area (Å²) in [5.74, 6) is 0.0195. The number of piperidine rings is 1. The van der Waals surface area contributed by atoms with Crippen LogP contribution in [0.25, 0.3) is 0 Å². The summed E-state index contributed by atoms with van der Waals surface area (Å²) >= 11 is 0. The number of aliphatic hydroxyl groups excluding tert-OH is 1. The van der Waals surface area contributed by atoms with Crippen molar-refractivity contribution < 1.29 is 9.90 Å². The van der Waals surface area contributed by atoms with Crippen molar-refractivity contribution in [3.8, 4) is 0 Å². The van der Waals surface area contributed by atoms with Gasteiger partial charge in [-0.15, -0.1) is 0 Å². The maximum absolute atomic E-state index is 12.9. The van der Waals surface area contributed by atoms with Gasteiger partial charge in [-0.25, -0.2) is 0 Å². The number of aromatic nitrogens is 1. The number of hydrogen-bond acceptors (Lipinski definition) is 3. The summed E-state index contributed by atoms with van der Waals surface area (Å²) in [6.45, 7) is 7.59. The van der Waals surface area contributed by atoms with Crippen LogP contribution in [0.5, 0.6) is 0 Å². The van der Waals surface area contributed by atoms with E-state index < -0.39 is 0 Å². The van der Waals surface area contributed by atoms with Gasteiger partial charge in [0.25, 0.3) is 5.91 Å². The molecule has 2 aliphatic rings. The van der Waals surface area contributed by atoms with E-state index in [9.17, 15) is 9.90 Å². The van der Waals surface area contributed by atoms with Crippen molar-refractivity contribution in [2.45, 2.75) is 84.0 Å². The Bertz CT molecular complexity index is 873. The Labute approximate surface area is 186 Å². The number of rotatable bonds is 6. The lowest BCUT2D eigenvalue weighted by Gasteiger charge is -2.29. The zero-order chi connectivity index (χ0) is 21.8. The quantitative estimate of drug-likeness (QED) is 0.719. The van der Waals surface area contributed by atoms with Crippen molar-refractivity contribution in [2.75, 3.05) is 13.1 Å². The molecule has 1 aromatic heterocycles. The van der Waals surface area contributed by atoms with Gasteiger partial charge in [0.15, 0.2) is 0 Å². The highest BCUT2D eigenvalue weighted by Crippen LogP contribution is 2.32. The first-order chi connectivity index (χ1) is 15.0. The second-order valence-corrected chi connectivity index (χ2v) is 9.45. The minimum absolute atomic E-state index is 0.0195. The molecule has 1 aromatic carbocycles. The number of likely N-dealkylation sites (tertiary alicyclic amines) is 1. The molecule has 1 saturated carbocycles. The molecule has 0 atom stereocenters. The molecule has 31 heavy (non-hydrogen) atoms. The summed E-state index contributed by atoms with van der Waals surface area (Å²) in [5.41, 5.74) is 5.51. The smallest absolute Gasteiger partial charge is 0.253 e. The first-order valence-corrected chi connectivity index (χ1v) is 12.0. The molecule has 1 aliphatic carbocycles. The lowest BCUT2D eigenvalue weighted by Crippen LogP contribution is -2.35. The van der Waals surface area contributed by atoms with Crippen molar-refractivity contribution in [3.63, 3.8) is 0 Å². The van der Waals surface area contributed by atoms with Crippen LogP contribution in [0, 0.1) is 13.8 Å². The molecule has 1 aliphatic heterocycles. The monoisotopic (exact) mass is 423 g/mol. The van der Waals surface area contributed by atoms with Crippen LogP contribution in [-0.2, 0) is 13.1 Å². The Morgan fingerprint density at radius 1 is 1.00 bits per heavy atom. The fourth-order valence-corrected chi connectivity index (χ4v) is 5.28. The van der Waals surface area contributed by atoms with Gasteiger partial charge in [0.2, 0.25) is 0 Å². The van der Waals surface area contributed by atoms with Crippen LogP contribution in [0.1, 0.15) is 83.9 Å². The number of nitrogens with zero attached hydrogens (tertiary/aromatic N) is 2. The number of carbonyl (C=O) groups excluding carboxylic acids is 1. The highest BCUT2D eigenvalue weighted by molar-refractivity contribution is 5.95. The minimum atomic E-state index is -0.130. The Morgan fingerprint density at radius 2 is 1.65 bits per heavy atom. The third-order valence-corrected chi connectivity index (χ3v) is 7.11. The molecule has 2 fully saturated rings. The molecule has 0 bridgehead atoms. The topological polar surface area (TPSA) is 57.5 Å². The van der Waals surface area contributed by atoms with Crippen LogP contribution in [0.4, 0.5) is 0 Å². The predicted octanol–water partition coefficient (Wildman–Crippen LogP) is 4.50. The number of amides is 1. The third kappa shape index (κ3) is 5.39. The molecular formula is C26H37N3O2. The molecule has 0 unspecified atom stereocenters. The van der Waals surface area contributed by atoms with Gasteiger partial charge >= 0.3 is 0 Å². The molecule has 2 aromatic rings. The zero-order valence-electron chi connectivity index (χ0n) is 19.1. The van der Waals surface area contributed by atoms with E-state index in [0.717, 1.165) is 49.3 Å². The number of benzene rings is 1. The summed E-state index contributed by atoms with van der Waals surface area (Å²) in [5, 5.41) is 12.8. The van der Waals surface area contributed by atoms with Crippen LogP contribution >= 0.6 is 0 Å². The van der Waals surface area contributed by atoms with Crippen LogP contribution in [-0.4, -0.2) is 39.7 Å². The van der Waals surface area contributed by atoms with Gasteiger partial charge in [-0.1, -0.05) is 43.5 Å². The second-order valence-electron chi connectivity index (χ2n) is 9.45. The summed E-state index contributed by atoms with van der Waals surface area (Å²) < 4.78 is 2.39. The van der Waals surface area contributed by atoms with E-state index in [0.29, 0.717) is 12.6 Å². The van der Waals surface area contributed by atoms with E-state index in [1.165, 1.54) is 43.4 Å². The molecule has 0 spiro atoms. The van der Waals surface area contributed by atoms with Crippen LogP contribution in [0.15, 0.2) is 30.3 Å². The Kier molecular flexibility index (Phi) is 7.13. The van der Waals surface area contributed by atoms with Gasteiger partial charge in [0.05, 0.1) is 11.7 Å². The van der Waals surface area contributed by atoms with E-state index in [1.807, 2.05) is 0 Å². The summed E-state index contributed by atoms with van der Waals surface area (Å²) in [4.78, 5) is 15.3. The third-order valence-electron chi connectivity index (χ3n) is 7.11. The molecule has 0 radical (unpaired) electrons. The Morgan fingerprint density at radius 3 is 2.32 bits per heavy atom. The van der Waals surface area contributed by atoms with Crippen LogP contribution in [0.2, 0.25) is 0 Å². The van der Waals surface area contributed by atoms with E-state index >= 15 is 0 Å². The average Bonchev–Trinajstić information content (AvgIpc) is 3.09. The van der Waals surface area contributed by atoms with Gasteiger partial charge in [-0.3, -0.25) is 9.69 Å². The maximum atomic E-state index is 12.9. The normalized spacial score (nSPS) is 18.9. The molecule has 2 heterocycles. The lowest BCUT2D eigenvalue weighted by molar-refractivity contribution is 0.0792. The maximum Gasteiger partial charge on any atom is 0.253 e. The highest BCUT2D eigenvalue weighted by atomic mass is 16.3. The van der Waals surface area contributed by atoms with Crippen molar-refractivity contribution in [3.05, 3.63) is 58.4 Å². The average molecular weight is 424 g/mol. The molecule has 1 amide bonds. The summed E-state index contributed by atoms with van der Waals surface area (Å²) in [7, 11) is 0. The largest absolute Gasteiger partial charge is 0.393 e. The van der Waals surface area contributed by atoms with Crippen molar-refractivity contribution in [2.24, 2.45) is 0 Å². The minimum Gasteiger partial charge on any atom is -0.393 e. The number of carbonyl (C=O) groups is 1. The van der Waals surface area contributed by atoms with Gasteiger partial charge in [-0.05, 0) is 56.7 Å². The zero-order valence-corrected chi connectivity index (χ0v) is 19.1. The Balaban J connectivity index is 1.32. The van der Waals surface area contributed by atoms with Gasteiger partial charge in [0.1, 0.15) is 0 Å². The number of hydrogen-bond donors (Lipinski definition) is 2. The van der Waals surface area contributed by atoms with Crippen molar-refractivity contribution >= 4 is 5.91 Å². The molecule has 2 N–H and O–H groups in total. The van der Waals surface area contributed by atoms with Gasteiger partial charge in [0, 0.05) is 43.6 Å². The number of nitrogens with one attached hydrogen (secondary N) is 1. The molecule has 1 saturated heterocycles. The summed E-state index contributed by atoms with van der Waals surface area (Å²) in [6, 6.07) is 11.1. The molecule has 5 heteroatoms. The molecule has 4 rings (SSSR count). The van der Waals surface area contributed by atoms with Crippen LogP contribution < -0.4 is 5.32 Å². The van der Waals surface area contributed by atoms with Crippen molar-refractivity contribution in [1.82, 2.24) is 14.8 Å². The Hall–Kier alpha value is -2.11. The predicted molar refractivity (Wildman–Crippen MR) is 124 cm³/mol. The van der Waals surface area contributed by atoms with E-state index in [1.54, 1.807) is 0 Å². The summed E-state index contributed by atoms with van der Waals surface area (Å²) in [6.07, 6.45) is 7.97. The van der Waals surface area contributed by atoms with E-state index in [4.69, 9.17) is 0 Å². The highest BCUT2D eigenvalue weighted by Gasteiger charge is 2.22. The SMILES string of the molecule is Cc1cc(C(=O)NCc2ccc(CN3CCC(O)CC3)cc2)c(C)n1C1CCCCC1. The first kappa shape index (κ1) is 22.1. The fraction of sp³-hybridized carbons (Fsp3) is 0.577. The van der Waals surface area contributed by atoms with E-state index in [2.05, 4.69) is 59.0 Å². The van der Waals surface area contributed by atoms with Gasteiger partial charge in [-0.2, -0.15) is 0 Å². The molecular weight excluding hydrogens is 386 g/mol. The fourth-order valence-electron chi connectivity index (χ4n) is 5.28. The van der Waals surface area contributed by atoms with Gasteiger partial charge < -0.3 is 15.0 Å². The number of aliphatic hydroxyl groups is 1. The van der Waals surface area contributed by atoms with Crippen LogP contribution in [0.3, 0.4) is 0 Å². The van der Waals surface area contributed by atoms with E-state index in [-0.39, 0.29) is 12.0 Å². The second kappa shape index (κ2) is 10.0. The van der Waals surface area contributed by atoms with Crippen molar-refractivity contribution in [1.29, 1.82) is 0 Å². The number of aryl methyl sites for hydroxylation is 1. The standard InChI is InChI=1S/C26H37N3O2/c1-19-16-25(20(2)29(19)23-6-4-3-5-7-23)26(31)27-17-21-8-10-22(11-9-21)18-28-14-12-24(30)13-15-28/h8-11,16,23-24,30H,3-7,12-15,17-18H2,1-2H3,(H,27,31). The first-order valence-electron chi connectivity index (χ1n) is 12.0. The lowest BCUT2D eigenvalue weighted by atomic mass is 9.95. The molecule has 168 valence electrons.